The second-order valence-electron chi connectivity index (χ2n) is 5.12. The molecule has 0 fully saturated rings. The molecule has 23 heavy (non-hydrogen) atoms. The molecule has 5 nitrogen and oxygen atoms in total. The molecular weight excluding hydrogens is 288 g/mol. The van der Waals surface area contributed by atoms with Crippen molar-refractivity contribution in [1.82, 2.24) is 10.2 Å². The van der Waals surface area contributed by atoms with Crippen LogP contribution in [0.25, 0.3) is 0 Å². The van der Waals surface area contributed by atoms with Crippen molar-refractivity contribution in [2.24, 2.45) is 0 Å². The number of amides is 1. The molecule has 0 saturated heterocycles. The SMILES string of the molecule is Cc1cccc(NC(=O)c2ccc(Nc3ccccc3)nn2)c1. The van der Waals surface area contributed by atoms with Crippen molar-refractivity contribution in [2.75, 3.05) is 10.6 Å². The average Bonchev–Trinajstić information content (AvgIpc) is 2.56. The maximum atomic E-state index is 12.2. The minimum absolute atomic E-state index is 0.269. The van der Waals surface area contributed by atoms with Gasteiger partial charge in [0.05, 0.1) is 0 Å². The van der Waals surface area contributed by atoms with E-state index in [0.29, 0.717) is 5.82 Å². The number of hydrogen-bond acceptors (Lipinski definition) is 4. The van der Waals surface area contributed by atoms with Crippen molar-refractivity contribution in [3.8, 4) is 0 Å². The van der Waals surface area contributed by atoms with E-state index < -0.39 is 0 Å². The van der Waals surface area contributed by atoms with E-state index in [4.69, 9.17) is 0 Å². The van der Waals surface area contributed by atoms with Crippen LogP contribution in [0.3, 0.4) is 0 Å². The monoisotopic (exact) mass is 304 g/mol. The summed E-state index contributed by atoms with van der Waals surface area (Å²) in [7, 11) is 0. The molecule has 0 saturated carbocycles. The second kappa shape index (κ2) is 6.70. The van der Waals surface area contributed by atoms with Crippen molar-refractivity contribution < 1.29 is 4.79 Å². The van der Waals surface area contributed by atoms with Gasteiger partial charge in [-0.2, -0.15) is 0 Å². The van der Waals surface area contributed by atoms with Crippen LogP contribution in [-0.2, 0) is 0 Å². The lowest BCUT2D eigenvalue weighted by Gasteiger charge is -2.07. The number of nitrogens with zero attached hydrogens (tertiary/aromatic N) is 2. The summed E-state index contributed by atoms with van der Waals surface area (Å²) in [6, 6.07) is 20.6. The summed E-state index contributed by atoms with van der Waals surface area (Å²) in [6.07, 6.45) is 0. The van der Waals surface area contributed by atoms with E-state index in [1.807, 2.05) is 61.5 Å². The smallest absolute Gasteiger partial charge is 0.276 e. The van der Waals surface area contributed by atoms with Gasteiger partial charge in [-0.15, -0.1) is 10.2 Å². The van der Waals surface area contributed by atoms with Crippen molar-refractivity contribution in [3.63, 3.8) is 0 Å². The Hall–Kier alpha value is -3.21. The number of anilines is 3. The van der Waals surface area contributed by atoms with Crippen LogP contribution in [0, 0.1) is 6.92 Å². The molecule has 0 atom stereocenters. The molecule has 5 heteroatoms. The van der Waals surface area contributed by atoms with Crippen molar-refractivity contribution in [3.05, 3.63) is 78.0 Å². The largest absolute Gasteiger partial charge is 0.339 e. The van der Waals surface area contributed by atoms with Crippen LogP contribution in [0.4, 0.5) is 17.2 Å². The minimum Gasteiger partial charge on any atom is -0.339 e. The lowest BCUT2D eigenvalue weighted by atomic mass is 10.2. The number of benzene rings is 2. The predicted octanol–water partition coefficient (Wildman–Crippen LogP) is 3.78. The first kappa shape index (κ1) is 14.7. The van der Waals surface area contributed by atoms with E-state index in [-0.39, 0.29) is 11.6 Å². The van der Waals surface area contributed by atoms with Gasteiger partial charge in [-0.1, -0.05) is 30.3 Å². The molecule has 2 aromatic carbocycles. The van der Waals surface area contributed by atoms with Crippen LogP contribution in [0.2, 0.25) is 0 Å². The van der Waals surface area contributed by atoms with Gasteiger partial charge in [0, 0.05) is 11.4 Å². The van der Waals surface area contributed by atoms with Gasteiger partial charge >= 0.3 is 0 Å². The number of carbonyl (C=O) groups excluding carboxylic acids is 1. The van der Waals surface area contributed by atoms with Crippen LogP contribution in [0.5, 0.6) is 0 Å². The molecule has 0 unspecified atom stereocenters. The Bertz CT molecular complexity index is 801. The summed E-state index contributed by atoms with van der Waals surface area (Å²) >= 11 is 0. The number of rotatable bonds is 4. The zero-order chi connectivity index (χ0) is 16.1. The highest BCUT2D eigenvalue weighted by Gasteiger charge is 2.08. The van der Waals surface area contributed by atoms with Crippen molar-refractivity contribution in [1.29, 1.82) is 0 Å². The van der Waals surface area contributed by atoms with Crippen LogP contribution in [0.15, 0.2) is 66.7 Å². The lowest BCUT2D eigenvalue weighted by Crippen LogP contribution is -2.14. The maximum Gasteiger partial charge on any atom is 0.276 e. The number of hydrogen-bond donors (Lipinski definition) is 2. The molecule has 114 valence electrons. The van der Waals surface area contributed by atoms with Crippen LogP contribution in [0.1, 0.15) is 16.1 Å². The molecule has 0 aliphatic rings. The van der Waals surface area contributed by atoms with Gasteiger partial charge in [0.1, 0.15) is 0 Å². The quantitative estimate of drug-likeness (QED) is 0.769. The molecule has 1 aromatic heterocycles. The van der Waals surface area contributed by atoms with Crippen LogP contribution >= 0.6 is 0 Å². The van der Waals surface area contributed by atoms with Gasteiger partial charge in [-0.05, 0) is 48.9 Å². The third-order valence-electron chi connectivity index (χ3n) is 3.22. The molecule has 3 rings (SSSR count). The zero-order valence-corrected chi connectivity index (χ0v) is 12.7. The van der Waals surface area contributed by atoms with E-state index >= 15 is 0 Å². The first-order valence-corrected chi connectivity index (χ1v) is 7.24. The molecule has 2 N–H and O–H groups in total. The summed E-state index contributed by atoms with van der Waals surface area (Å²) in [5, 5.41) is 13.9. The fourth-order valence-corrected chi connectivity index (χ4v) is 2.11. The number of aromatic nitrogens is 2. The van der Waals surface area contributed by atoms with Gasteiger partial charge in [-0.3, -0.25) is 4.79 Å². The highest BCUT2D eigenvalue weighted by Crippen LogP contribution is 2.14. The minimum atomic E-state index is -0.283. The molecule has 3 aromatic rings. The molecule has 1 heterocycles. The Morgan fingerprint density at radius 3 is 2.35 bits per heavy atom. The zero-order valence-electron chi connectivity index (χ0n) is 12.7. The Morgan fingerprint density at radius 2 is 1.65 bits per heavy atom. The highest BCUT2D eigenvalue weighted by molar-refractivity contribution is 6.02. The molecule has 0 aliphatic carbocycles. The fraction of sp³-hybridized carbons (Fsp3) is 0.0556. The topological polar surface area (TPSA) is 66.9 Å². The number of para-hydroxylation sites is 1. The van der Waals surface area contributed by atoms with Gasteiger partial charge in [-0.25, -0.2) is 0 Å². The van der Waals surface area contributed by atoms with E-state index in [2.05, 4.69) is 20.8 Å². The second-order valence-corrected chi connectivity index (χ2v) is 5.12. The molecule has 0 radical (unpaired) electrons. The normalized spacial score (nSPS) is 10.1. The highest BCUT2D eigenvalue weighted by atomic mass is 16.1. The summed E-state index contributed by atoms with van der Waals surface area (Å²) in [5.41, 5.74) is 3.00. The van der Waals surface area contributed by atoms with E-state index in [0.717, 1.165) is 16.9 Å². The third-order valence-corrected chi connectivity index (χ3v) is 3.22. The summed E-state index contributed by atoms with van der Waals surface area (Å²) < 4.78 is 0. The third kappa shape index (κ3) is 3.91. The van der Waals surface area contributed by atoms with E-state index in [1.165, 1.54) is 0 Å². The van der Waals surface area contributed by atoms with Gasteiger partial charge in [0.25, 0.3) is 5.91 Å². The van der Waals surface area contributed by atoms with E-state index in [9.17, 15) is 4.79 Å². The molecule has 0 bridgehead atoms. The summed E-state index contributed by atoms with van der Waals surface area (Å²) in [5.74, 6) is 0.303. The Balaban J connectivity index is 1.68. The summed E-state index contributed by atoms with van der Waals surface area (Å²) in [6.45, 7) is 1.97. The number of carbonyl (C=O) groups is 1. The molecular formula is C18H16N4O. The molecule has 0 spiro atoms. The molecule has 1 amide bonds. The molecule has 0 aliphatic heterocycles. The van der Waals surface area contributed by atoms with Crippen LogP contribution in [-0.4, -0.2) is 16.1 Å². The predicted molar refractivity (Wildman–Crippen MR) is 90.9 cm³/mol. The van der Waals surface area contributed by atoms with Gasteiger partial charge in [0.15, 0.2) is 11.5 Å². The van der Waals surface area contributed by atoms with Crippen molar-refractivity contribution in [2.45, 2.75) is 6.92 Å². The first-order chi connectivity index (χ1) is 11.2. The maximum absolute atomic E-state index is 12.2. The Kier molecular flexibility index (Phi) is 4.29. The first-order valence-electron chi connectivity index (χ1n) is 7.24. The summed E-state index contributed by atoms with van der Waals surface area (Å²) in [4.78, 5) is 12.2. The van der Waals surface area contributed by atoms with E-state index in [1.54, 1.807) is 12.1 Å². The lowest BCUT2D eigenvalue weighted by molar-refractivity contribution is 0.102. The Morgan fingerprint density at radius 1 is 0.870 bits per heavy atom. The average molecular weight is 304 g/mol. The fourth-order valence-electron chi connectivity index (χ4n) is 2.11. The number of nitrogens with one attached hydrogen (secondary N) is 2. The van der Waals surface area contributed by atoms with Crippen molar-refractivity contribution >= 4 is 23.1 Å². The van der Waals surface area contributed by atoms with Gasteiger partial charge in [0.2, 0.25) is 0 Å². The Labute approximate surface area is 134 Å². The number of aryl methyl sites for hydroxylation is 1. The van der Waals surface area contributed by atoms with Crippen LogP contribution < -0.4 is 10.6 Å². The standard InChI is InChI=1S/C18H16N4O/c1-13-6-5-9-15(12-13)20-18(23)16-10-11-17(22-21-16)19-14-7-3-2-4-8-14/h2-12H,1H3,(H,19,22)(H,20,23). The van der Waals surface area contributed by atoms with Gasteiger partial charge < -0.3 is 10.6 Å².